The average molecular weight is 591 g/mol. The van der Waals surface area contributed by atoms with Gasteiger partial charge in [0.1, 0.15) is 11.9 Å². The molecule has 0 N–H and O–H groups in total. The lowest BCUT2D eigenvalue weighted by Gasteiger charge is -2.51. The van der Waals surface area contributed by atoms with Crippen LogP contribution in [-0.2, 0) is 9.53 Å². The molecule has 43 heavy (non-hydrogen) atoms. The fourth-order valence-electron chi connectivity index (χ4n) is 7.40. The van der Waals surface area contributed by atoms with E-state index in [0.29, 0.717) is 18.3 Å². The van der Waals surface area contributed by atoms with Gasteiger partial charge in [-0.15, -0.1) is 6.58 Å². The van der Waals surface area contributed by atoms with Crippen molar-refractivity contribution in [2.75, 3.05) is 20.2 Å². The van der Waals surface area contributed by atoms with Crippen LogP contribution in [0.1, 0.15) is 134 Å². The molecule has 5 rings (SSSR count). The molecule has 1 unspecified atom stereocenters. The summed E-state index contributed by atoms with van der Waals surface area (Å²) in [6.45, 7) is 8.43. The molecule has 4 heterocycles. The van der Waals surface area contributed by atoms with Crippen molar-refractivity contribution in [1.82, 2.24) is 9.88 Å². The molecule has 0 radical (unpaired) electrons. The highest BCUT2D eigenvalue weighted by Gasteiger charge is 2.44. The van der Waals surface area contributed by atoms with Gasteiger partial charge in [0.25, 0.3) is 0 Å². The zero-order valence-electron chi connectivity index (χ0n) is 27.2. The molecule has 3 aliphatic heterocycles. The molecule has 5 nitrogen and oxygen atoms in total. The Bertz CT molecular complexity index is 1120. The molecule has 3 aliphatic rings. The minimum atomic E-state index is -0.310. The Kier molecular flexibility index (Phi) is 14.3. The molecular weight excluding hydrogens is 532 g/mol. The van der Waals surface area contributed by atoms with Crippen LogP contribution in [0.4, 0.5) is 0 Å². The molecule has 1 aromatic carbocycles. The number of piperidine rings is 3. The molecular formula is C38H58N2O3. The van der Waals surface area contributed by atoms with E-state index in [2.05, 4.69) is 29.5 Å². The van der Waals surface area contributed by atoms with Crippen LogP contribution in [0, 0.1) is 11.8 Å². The highest BCUT2D eigenvalue weighted by molar-refractivity contribution is 5.84. The summed E-state index contributed by atoms with van der Waals surface area (Å²) in [5.74, 6) is 1.85. The van der Waals surface area contributed by atoms with E-state index in [1.165, 1.54) is 89.9 Å². The van der Waals surface area contributed by atoms with Gasteiger partial charge in [0.05, 0.1) is 18.7 Å². The molecule has 0 amide bonds. The first-order valence-corrected chi connectivity index (χ1v) is 17.6. The minimum Gasteiger partial charge on any atom is -0.497 e. The molecule has 0 saturated carbocycles. The van der Waals surface area contributed by atoms with Gasteiger partial charge in [0.15, 0.2) is 0 Å². The number of ether oxygens (including phenoxy) is 2. The Morgan fingerprint density at radius 2 is 1.63 bits per heavy atom. The highest BCUT2D eigenvalue weighted by Crippen LogP contribution is 2.44. The Morgan fingerprint density at radius 3 is 2.21 bits per heavy atom. The van der Waals surface area contributed by atoms with Crippen molar-refractivity contribution in [2.24, 2.45) is 11.8 Å². The molecule has 1 aromatic heterocycles. The smallest absolute Gasteiger partial charge is 0.306 e. The lowest BCUT2D eigenvalue weighted by Crippen LogP contribution is -2.55. The zero-order valence-corrected chi connectivity index (χ0v) is 27.2. The summed E-state index contributed by atoms with van der Waals surface area (Å²) in [4.78, 5) is 20.4. The van der Waals surface area contributed by atoms with Crippen molar-refractivity contribution in [2.45, 2.75) is 135 Å². The number of methoxy groups -OCH3 is 1. The number of hydrogen-bond acceptors (Lipinski definition) is 5. The molecule has 2 aromatic rings. The number of esters is 1. The van der Waals surface area contributed by atoms with Gasteiger partial charge in [-0.05, 0) is 61.9 Å². The summed E-state index contributed by atoms with van der Waals surface area (Å²) < 4.78 is 12.0. The van der Waals surface area contributed by atoms with E-state index in [0.717, 1.165) is 54.6 Å². The predicted octanol–water partition coefficient (Wildman–Crippen LogP) is 9.99. The van der Waals surface area contributed by atoms with Crippen molar-refractivity contribution in [3.05, 3.63) is 48.7 Å². The van der Waals surface area contributed by atoms with E-state index >= 15 is 0 Å². The first-order chi connectivity index (χ1) is 21.1. The second kappa shape index (κ2) is 18.4. The average Bonchev–Trinajstić information content (AvgIpc) is 3.05. The number of carbonyl (C=O) groups excluding carboxylic acids is 1. The van der Waals surface area contributed by atoms with Crippen LogP contribution in [0.5, 0.6) is 5.75 Å². The Hall–Kier alpha value is -2.40. The lowest BCUT2D eigenvalue weighted by atomic mass is 9.73. The van der Waals surface area contributed by atoms with Gasteiger partial charge in [0, 0.05) is 30.1 Å². The van der Waals surface area contributed by atoms with E-state index in [-0.39, 0.29) is 18.1 Å². The Balaban J connectivity index is 1.23. The van der Waals surface area contributed by atoms with Crippen LogP contribution in [0.25, 0.3) is 10.9 Å². The monoisotopic (exact) mass is 590 g/mol. The topological polar surface area (TPSA) is 51.7 Å². The number of carbonyl (C=O) groups is 1. The molecule has 3 fully saturated rings. The SMILES string of the molecule is C=C[C@H]1CN2CC[C@H]1C[C@H]2[C@H](OC(=O)CCCCCCCCCCCCCCCCC)c1ccnc2ccc(OC)cc12. The largest absolute Gasteiger partial charge is 0.497 e. The van der Waals surface area contributed by atoms with Gasteiger partial charge >= 0.3 is 5.97 Å². The molecule has 0 aliphatic carbocycles. The van der Waals surface area contributed by atoms with Crippen molar-refractivity contribution in [1.29, 1.82) is 0 Å². The third kappa shape index (κ3) is 10.1. The van der Waals surface area contributed by atoms with E-state index < -0.39 is 0 Å². The van der Waals surface area contributed by atoms with Crippen LogP contribution >= 0.6 is 0 Å². The highest BCUT2D eigenvalue weighted by atomic mass is 16.5. The maximum Gasteiger partial charge on any atom is 0.306 e. The van der Waals surface area contributed by atoms with Gasteiger partial charge in [0.2, 0.25) is 0 Å². The Morgan fingerprint density at radius 1 is 0.977 bits per heavy atom. The maximum atomic E-state index is 13.3. The van der Waals surface area contributed by atoms with Gasteiger partial charge in [-0.25, -0.2) is 0 Å². The van der Waals surface area contributed by atoms with Gasteiger partial charge in [-0.1, -0.05) is 103 Å². The van der Waals surface area contributed by atoms with Crippen LogP contribution in [0.2, 0.25) is 0 Å². The lowest BCUT2D eigenvalue weighted by molar-refractivity contribution is -0.157. The molecule has 5 heteroatoms. The van der Waals surface area contributed by atoms with Gasteiger partial charge in [-0.2, -0.15) is 0 Å². The molecule has 238 valence electrons. The van der Waals surface area contributed by atoms with Gasteiger partial charge in [-0.3, -0.25) is 14.7 Å². The third-order valence-electron chi connectivity index (χ3n) is 10.0. The van der Waals surface area contributed by atoms with Crippen LogP contribution in [0.3, 0.4) is 0 Å². The summed E-state index contributed by atoms with van der Waals surface area (Å²) in [5, 5.41) is 1.01. The number of aromatic nitrogens is 1. The molecule has 2 bridgehead atoms. The minimum absolute atomic E-state index is 0.0736. The predicted molar refractivity (Wildman–Crippen MR) is 178 cm³/mol. The van der Waals surface area contributed by atoms with E-state index in [9.17, 15) is 4.79 Å². The number of rotatable bonds is 21. The number of nitrogens with zero attached hydrogens (tertiary/aromatic N) is 2. The van der Waals surface area contributed by atoms with E-state index in [4.69, 9.17) is 9.47 Å². The van der Waals surface area contributed by atoms with Crippen LogP contribution in [-0.4, -0.2) is 42.1 Å². The van der Waals surface area contributed by atoms with Gasteiger partial charge < -0.3 is 9.47 Å². The number of pyridine rings is 1. The summed E-state index contributed by atoms with van der Waals surface area (Å²) in [5.41, 5.74) is 1.95. The van der Waals surface area contributed by atoms with E-state index in [1.54, 1.807) is 7.11 Å². The number of hydrogen-bond donors (Lipinski definition) is 0. The second-order valence-corrected chi connectivity index (χ2v) is 13.1. The quantitative estimate of drug-likeness (QED) is 0.0822. The first-order valence-electron chi connectivity index (χ1n) is 17.6. The summed E-state index contributed by atoms with van der Waals surface area (Å²) in [7, 11) is 1.69. The standard InChI is InChI=1S/C38H58N2O3/c1-4-6-7-8-9-10-11-12-13-14-15-16-17-18-19-20-37(41)43-38(36-27-31-24-26-40(36)29-30(31)5-2)33-23-25-39-35-22-21-32(42-3)28-34(33)35/h5,21-23,25,28,30-31,36,38H,2,4,6-20,24,26-27,29H2,1,3H3/t30-,31-,36-,38+/m0/s1. The van der Waals surface area contributed by atoms with Crippen molar-refractivity contribution in [3.8, 4) is 5.75 Å². The van der Waals surface area contributed by atoms with Crippen molar-refractivity contribution < 1.29 is 14.3 Å². The summed E-state index contributed by atoms with van der Waals surface area (Å²) in [6, 6.07) is 8.19. The van der Waals surface area contributed by atoms with Crippen LogP contribution in [0.15, 0.2) is 43.1 Å². The fourth-order valence-corrected chi connectivity index (χ4v) is 7.40. The van der Waals surface area contributed by atoms with Crippen LogP contribution < -0.4 is 4.74 Å². The third-order valence-corrected chi connectivity index (χ3v) is 10.0. The second-order valence-electron chi connectivity index (χ2n) is 13.1. The van der Waals surface area contributed by atoms with Crippen molar-refractivity contribution in [3.63, 3.8) is 0 Å². The molecule has 0 spiro atoms. The summed E-state index contributed by atoms with van der Waals surface area (Å²) >= 11 is 0. The summed E-state index contributed by atoms with van der Waals surface area (Å²) in [6.07, 6.45) is 26.2. The number of unbranched alkanes of at least 4 members (excludes halogenated alkanes) is 14. The first kappa shape index (κ1) is 33.5. The Labute approximate surface area is 261 Å². The maximum absolute atomic E-state index is 13.3. The van der Waals surface area contributed by atoms with Crippen molar-refractivity contribution >= 4 is 16.9 Å². The molecule has 3 saturated heterocycles. The number of fused-ring (bicyclic) bond motifs is 4. The molecule has 5 atom stereocenters. The zero-order chi connectivity index (χ0) is 30.3. The fraction of sp³-hybridized carbons (Fsp3) is 0.684. The number of benzene rings is 1. The van der Waals surface area contributed by atoms with E-state index in [1.807, 2.05) is 30.5 Å². The normalized spacial score (nSPS) is 22.0.